The van der Waals surface area contributed by atoms with E-state index in [4.69, 9.17) is 21.9 Å². The molecule has 3 rings (SSSR count). The molecule has 1 aliphatic rings. The van der Waals surface area contributed by atoms with Crippen LogP contribution in [0.25, 0.3) is 11.3 Å². The highest BCUT2D eigenvalue weighted by Crippen LogP contribution is 2.37. The molecule has 0 radical (unpaired) electrons. The Labute approximate surface area is 91.8 Å². The van der Waals surface area contributed by atoms with Crippen LogP contribution in [-0.4, -0.2) is 5.16 Å². The van der Waals surface area contributed by atoms with Crippen LogP contribution in [0.2, 0.25) is 5.02 Å². The number of aryl methyl sites for hydroxylation is 1. The van der Waals surface area contributed by atoms with Gasteiger partial charge in [-0.2, -0.15) is 0 Å². The average molecular weight is 221 g/mol. The van der Waals surface area contributed by atoms with Crippen LogP contribution >= 0.6 is 11.6 Å². The molecule has 2 N–H and O–H groups in total. The van der Waals surface area contributed by atoms with Gasteiger partial charge < -0.3 is 10.3 Å². The number of hydrogen-bond acceptors (Lipinski definition) is 3. The predicted molar refractivity (Wildman–Crippen MR) is 58.8 cm³/mol. The summed E-state index contributed by atoms with van der Waals surface area (Å²) in [7, 11) is 0. The Balaban J connectivity index is 2.28. The molecule has 0 bridgehead atoms. The molecule has 1 aromatic heterocycles. The zero-order chi connectivity index (χ0) is 10.4. The van der Waals surface area contributed by atoms with E-state index in [1.165, 1.54) is 5.56 Å². The Kier molecular flexibility index (Phi) is 1.76. The largest absolute Gasteiger partial charge is 0.381 e. The summed E-state index contributed by atoms with van der Waals surface area (Å²) in [5.74, 6) is 1.27. The number of nitrogens with zero attached hydrogens (tertiary/aromatic N) is 1. The first-order valence-corrected chi connectivity index (χ1v) is 5.16. The fraction of sp³-hybridized carbons (Fsp3) is 0.182. The fourth-order valence-corrected chi connectivity index (χ4v) is 2.18. The Morgan fingerprint density at radius 1 is 1.33 bits per heavy atom. The minimum absolute atomic E-state index is 0.496. The van der Waals surface area contributed by atoms with Crippen LogP contribution in [-0.2, 0) is 12.8 Å². The van der Waals surface area contributed by atoms with E-state index >= 15 is 0 Å². The van der Waals surface area contributed by atoms with Crippen molar-refractivity contribution in [1.29, 1.82) is 0 Å². The zero-order valence-electron chi connectivity index (χ0n) is 7.96. The van der Waals surface area contributed by atoms with Gasteiger partial charge in [-0.15, -0.1) is 0 Å². The number of anilines is 1. The summed E-state index contributed by atoms with van der Waals surface area (Å²) in [4.78, 5) is 0. The highest BCUT2D eigenvalue weighted by Gasteiger charge is 2.23. The summed E-state index contributed by atoms with van der Waals surface area (Å²) >= 11 is 5.96. The summed E-state index contributed by atoms with van der Waals surface area (Å²) in [5.41, 5.74) is 8.98. The molecule has 0 spiro atoms. The van der Waals surface area contributed by atoms with E-state index in [1.54, 1.807) is 0 Å². The maximum Gasteiger partial charge on any atom is 0.172 e. The number of halogens is 1. The molecule has 3 nitrogen and oxygen atoms in total. The van der Waals surface area contributed by atoms with Crippen molar-refractivity contribution in [1.82, 2.24) is 5.16 Å². The van der Waals surface area contributed by atoms with E-state index in [-0.39, 0.29) is 0 Å². The molecular weight excluding hydrogens is 212 g/mol. The summed E-state index contributed by atoms with van der Waals surface area (Å²) in [6.45, 7) is 0. The molecule has 0 aliphatic heterocycles. The van der Waals surface area contributed by atoms with E-state index in [0.29, 0.717) is 10.8 Å². The van der Waals surface area contributed by atoms with Gasteiger partial charge in [-0.3, -0.25) is 0 Å². The van der Waals surface area contributed by atoms with Crippen molar-refractivity contribution < 1.29 is 4.52 Å². The van der Waals surface area contributed by atoms with Crippen LogP contribution in [0, 0.1) is 0 Å². The Hall–Kier alpha value is -1.48. The van der Waals surface area contributed by atoms with Crippen molar-refractivity contribution in [3.05, 3.63) is 34.3 Å². The number of benzene rings is 1. The minimum atomic E-state index is 0.496. The van der Waals surface area contributed by atoms with E-state index in [9.17, 15) is 0 Å². The van der Waals surface area contributed by atoms with Crippen molar-refractivity contribution in [3.8, 4) is 11.3 Å². The zero-order valence-corrected chi connectivity index (χ0v) is 8.71. The topological polar surface area (TPSA) is 52.0 Å². The molecule has 4 heteroatoms. The summed E-state index contributed by atoms with van der Waals surface area (Å²) < 4.78 is 5.23. The predicted octanol–water partition coefficient (Wildman–Crippen LogP) is 2.68. The molecule has 1 heterocycles. The van der Waals surface area contributed by atoms with Gasteiger partial charge in [0.25, 0.3) is 0 Å². The molecule has 15 heavy (non-hydrogen) atoms. The number of fused-ring (bicyclic) bond motifs is 3. The monoisotopic (exact) mass is 220 g/mol. The van der Waals surface area contributed by atoms with Crippen LogP contribution in [0.5, 0.6) is 0 Å². The van der Waals surface area contributed by atoms with Gasteiger partial charge >= 0.3 is 0 Å². The molecule has 0 saturated heterocycles. The third kappa shape index (κ3) is 1.23. The molecule has 0 atom stereocenters. The second-order valence-corrected chi connectivity index (χ2v) is 4.11. The maximum absolute atomic E-state index is 5.96. The average Bonchev–Trinajstić information content (AvgIpc) is 2.61. The van der Waals surface area contributed by atoms with Crippen molar-refractivity contribution in [2.24, 2.45) is 0 Å². The smallest absolute Gasteiger partial charge is 0.172 e. The van der Waals surface area contributed by atoms with Gasteiger partial charge in [0.1, 0.15) is 0 Å². The first kappa shape index (κ1) is 8.80. The molecular formula is C11H9ClN2O. The van der Waals surface area contributed by atoms with Crippen LogP contribution in [0.15, 0.2) is 22.7 Å². The normalized spacial score (nSPS) is 13.4. The van der Waals surface area contributed by atoms with Crippen molar-refractivity contribution in [2.45, 2.75) is 12.8 Å². The second-order valence-electron chi connectivity index (χ2n) is 3.68. The summed E-state index contributed by atoms with van der Waals surface area (Å²) in [6.07, 6.45) is 1.85. The first-order valence-electron chi connectivity index (χ1n) is 4.78. The Morgan fingerprint density at radius 3 is 3.07 bits per heavy atom. The molecule has 1 aromatic carbocycles. The fourth-order valence-electron chi connectivity index (χ4n) is 2.01. The SMILES string of the molecule is Nc1noc2c1CCc1ccc(Cl)cc1-2. The number of aromatic nitrogens is 1. The Morgan fingerprint density at radius 2 is 2.20 bits per heavy atom. The molecule has 2 aromatic rings. The van der Waals surface area contributed by atoms with E-state index in [2.05, 4.69) is 5.16 Å². The van der Waals surface area contributed by atoms with Crippen molar-refractivity contribution >= 4 is 17.4 Å². The lowest BCUT2D eigenvalue weighted by Crippen LogP contribution is -2.03. The number of rotatable bonds is 0. The van der Waals surface area contributed by atoms with Crippen LogP contribution in [0.1, 0.15) is 11.1 Å². The lowest BCUT2D eigenvalue weighted by Gasteiger charge is -2.14. The molecule has 0 amide bonds. The van der Waals surface area contributed by atoms with E-state index in [0.717, 1.165) is 29.7 Å². The minimum Gasteiger partial charge on any atom is -0.381 e. The lowest BCUT2D eigenvalue weighted by atomic mass is 9.91. The number of hydrogen-bond donors (Lipinski definition) is 1. The highest BCUT2D eigenvalue weighted by molar-refractivity contribution is 6.30. The van der Waals surface area contributed by atoms with E-state index in [1.807, 2.05) is 18.2 Å². The lowest BCUT2D eigenvalue weighted by molar-refractivity contribution is 0.433. The molecule has 0 unspecified atom stereocenters. The van der Waals surface area contributed by atoms with Gasteiger partial charge in [0, 0.05) is 16.1 Å². The van der Waals surface area contributed by atoms with Crippen molar-refractivity contribution in [3.63, 3.8) is 0 Å². The van der Waals surface area contributed by atoms with Gasteiger partial charge in [0.15, 0.2) is 11.6 Å². The molecule has 0 fully saturated rings. The van der Waals surface area contributed by atoms with Crippen LogP contribution in [0.3, 0.4) is 0 Å². The van der Waals surface area contributed by atoms with Gasteiger partial charge in [-0.05, 0) is 30.5 Å². The van der Waals surface area contributed by atoms with Gasteiger partial charge in [-0.1, -0.05) is 22.8 Å². The van der Waals surface area contributed by atoms with Crippen LogP contribution < -0.4 is 5.73 Å². The summed E-state index contributed by atoms with van der Waals surface area (Å²) in [5, 5.41) is 4.49. The first-order chi connectivity index (χ1) is 7.25. The standard InChI is InChI=1S/C11H9ClN2O/c12-7-3-1-6-2-4-8-10(9(6)5-7)15-14-11(8)13/h1,3,5H,2,4H2,(H2,13,14). The third-order valence-electron chi connectivity index (χ3n) is 2.78. The number of nitrogen functional groups attached to an aromatic ring is 1. The van der Waals surface area contributed by atoms with E-state index < -0.39 is 0 Å². The van der Waals surface area contributed by atoms with Gasteiger partial charge in [0.05, 0.1) is 0 Å². The van der Waals surface area contributed by atoms with Gasteiger partial charge in [-0.25, -0.2) is 0 Å². The van der Waals surface area contributed by atoms with Crippen molar-refractivity contribution in [2.75, 3.05) is 5.73 Å². The Bertz CT molecular complexity index is 533. The highest BCUT2D eigenvalue weighted by atomic mass is 35.5. The molecule has 0 saturated carbocycles. The quantitative estimate of drug-likeness (QED) is 0.743. The molecule has 76 valence electrons. The van der Waals surface area contributed by atoms with Gasteiger partial charge in [0.2, 0.25) is 0 Å². The van der Waals surface area contributed by atoms with Crippen LogP contribution in [0.4, 0.5) is 5.82 Å². The summed E-state index contributed by atoms with van der Waals surface area (Å²) in [6, 6.07) is 5.82. The second kappa shape index (κ2) is 3.00. The molecule has 1 aliphatic carbocycles. The third-order valence-corrected chi connectivity index (χ3v) is 3.01. The maximum atomic E-state index is 5.96. The number of nitrogens with two attached hydrogens (primary N) is 1.